The molecule has 1 aromatic rings. The number of rotatable bonds is 5. The Kier molecular flexibility index (Phi) is 5.04. The quantitative estimate of drug-likeness (QED) is 0.790. The van der Waals surface area contributed by atoms with Crippen molar-refractivity contribution < 1.29 is 9.90 Å². The molecule has 92 valence electrons. The van der Waals surface area contributed by atoms with Crippen LogP contribution in [0.2, 0.25) is 5.02 Å². The van der Waals surface area contributed by atoms with Gasteiger partial charge in [0.1, 0.15) is 0 Å². The molecule has 4 heteroatoms. The van der Waals surface area contributed by atoms with Gasteiger partial charge in [-0.25, -0.2) is 4.79 Å². The van der Waals surface area contributed by atoms with Crippen molar-refractivity contribution in [3.63, 3.8) is 0 Å². The Bertz CT molecular complexity index is 441. The van der Waals surface area contributed by atoms with E-state index in [0.717, 1.165) is 11.3 Å². The molecule has 0 saturated carbocycles. The summed E-state index contributed by atoms with van der Waals surface area (Å²) in [6, 6.07) is 5.68. The fourth-order valence-electron chi connectivity index (χ4n) is 1.44. The molecule has 0 heterocycles. The summed E-state index contributed by atoms with van der Waals surface area (Å²) in [5, 5.41) is 12.6. The number of aliphatic carboxylic acids is 1. The van der Waals surface area contributed by atoms with Crippen LogP contribution in [0.5, 0.6) is 0 Å². The summed E-state index contributed by atoms with van der Waals surface area (Å²) >= 11 is 6.01. The number of carboxylic acid groups (broad SMARTS) is 1. The molecule has 3 nitrogen and oxygen atoms in total. The van der Waals surface area contributed by atoms with Crippen molar-refractivity contribution in [1.29, 1.82) is 0 Å². The number of hydrogen-bond donors (Lipinski definition) is 2. The maximum atomic E-state index is 10.8. The lowest BCUT2D eigenvalue weighted by Crippen LogP contribution is -2.05. The molecular weight excluding hydrogens is 238 g/mol. The Hall–Kier alpha value is -1.48. The van der Waals surface area contributed by atoms with E-state index < -0.39 is 5.97 Å². The van der Waals surface area contributed by atoms with Gasteiger partial charge in [-0.2, -0.15) is 0 Å². The van der Waals surface area contributed by atoms with Gasteiger partial charge in [0.15, 0.2) is 0 Å². The molecule has 0 radical (unpaired) electrons. The van der Waals surface area contributed by atoms with Crippen molar-refractivity contribution in [2.75, 3.05) is 11.9 Å². The van der Waals surface area contributed by atoms with E-state index in [9.17, 15) is 4.79 Å². The van der Waals surface area contributed by atoms with Crippen molar-refractivity contribution in [1.82, 2.24) is 0 Å². The second kappa shape index (κ2) is 6.30. The second-order valence-electron chi connectivity index (χ2n) is 3.75. The van der Waals surface area contributed by atoms with Gasteiger partial charge >= 0.3 is 5.97 Å². The predicted octanol–water partition coefficient (Wildman–Crippen LogP) is 3.48. The van der Waals surface area contributed by atoms with Crippen LogP contribution in [-0.2, 0) is 4.79 Å². The lowest BCUT2D eigenvalue weighted by molar-refractivity contribution is -0.132. The largest absolute Gasteiger partial charge is 0.478 e. The maximum absolute atomic E-state index is 10.8. The third kappa shape index (κ3) is 4.11. The molecule has 0 aliphatic heterocycles. The summed E-state index contributed by atoms with van der Waals surface area (Å²) in [5.74, 6) is -0.871. The van der Waals surface area contributed by atoms with E-state index in [1.54, 1.807) is 6.08 Å². The fourth-order valence-corrected chi connectivity index (χ4v) is 1.63. The van der Waals surface area contributed by atoms with Crippen molar-refractivity contribution in [2.45, 2.75) is 20.3 Å². The first kappa shape index (κ1) is 13.6. The van der Waals surface area contributed by atoms with E-state index in [1.807, 2.05) is 32.0 Å². The van der Waals surface area contributed by atoms with Crippen LogP contribution in [0.1, 0.15) is 18.9 Å². The third-order valence-corrected chi connectivity index (χ3v) is 2.75. The zero-order chi connectivity index (χ0) is 12.8. The maximum Gasteiger partial charge on any atom is 0.331 e. The molecule has 0 aliphatic carbocycles. The Labute approximate surface area is 106 Å². The first-order chi connectivity index (χ1) is 8.04. The average molecular weight is 254 g/mol. The number of halogens is 1. The van der Waals surface area contributed by atoms with Crippen molar-refractivity contribution >= 4 is 23.3 Å². The van der Waals surface area contributed by atoms with Gasteiger partial charge in [0.05, 0.1) is 10.7 Å². The van der Waals surface area contributed by atoms with Crippen LogP contribution in [0.3, 0.4) is 0 Å². The zero-order valence-electron chi connectivity index (χ0n) is 9.96. The number of nitrogens with one attached hydrogen (secondary N) is 1. The van der Waals surface area contributed by atoms with Crippen LogP contribution in [-0.4, -0.2) is 17.6 Å². The number of aryl methyl sites for hydroxylation is 1. The predicted molar refractivity (Wildman–Crippen MR) is 70.7 cm³/mol. The average Bonchev–Trinajstić information content (AvgIpc) is 2.28. The summed E-state index contributed by atoms with van der Waals surface area (Å²) in [4.78, 5) is 10.8. The molecule has 0 aliphatic rings. The van der Waals surface area contributed by atoms with Crippen molar-refractivity contribution in [3.05, 3.63) is 40.4 Å². The van der Waals surface area contributed by atoms with Crippen LogP contribution in [0, 0.1) is 6.92 Å². The number of carbonyl (C=O) groups is 1. The minimum absolute atomic E-state index is 0.404. The van der Waals surface area contributed by atoms with Gasteiger partial charge in [-0.1, -0.05) is 30.7 Å². The number of carboxylic acids is 1. The summed E-state index contributed by atoms with van der Waals surface area (Å²) in [7, 11) is 0. The lowest BCUT2D eigenvalue weighted by Gasteiger charge is -2.07. The van der Waals surface area contributed by atoms with E-state index in [2.05, 4.69) is 5.32 Å². The van der Waals surface area contributed by atoms with Crippen molar-refractivity contribution in [2.24, 2.45) is 0 Å². The number of anilines is 1. The third-order valence-electron chi connectivity index (χ3n) is 2.42. The van der Waals surface area contributed by atoms with Crippen LogP contribution in [0.15, 0.2) is 29.8 Å². The van der Waals surface area contributed by atoms with Crippen LogP contribution >= 0.6 is 11.6 Å². The van der Waals surface area contributed by atoms with E-state index in [-0.39, 0.29) is 0 Å². The van der Waals surface area contributed by atoms with Gasteiger partial charge in [-0.05, 0) is 31.0 Å². The van der Waals surface area contributed by atoms with E-state index in [0.29, 0.717) is 23.6 Å². The first-order valence-corrected chi connectivity index (χ1v) is 5.84. The van der Waals surface area contributed by atoms with E-state index >= 15 is 0 Å². The molecular formula is C13H16ClNO2. The number of benzene rings is 1. The summed E-state index contributed by atoms with van der Waals surface area (Å²) < 4.78 is 0. The van der Waals surface area contributed by atoms with Gasteiger partial charge in [0.25, 0.3) is 0 Å². The molecule has 0 amide bonds. The number of hydrogen-bond acceptors (Lipinski definition) is 2. The van der Waals surface area contributed by atoms with Gasteiger partial charge in [0.2, 0.25) is 0 Å². The highest BCUT2D eigenvalue weighted by molar-refractivity contribution is 6.33. The minimum atomic E-state index is -0.871. The van der Waals surface area contributed by atoms with Crippen LogP contribution in [0.25, 0.3) is 0 Å². The highest BCUT2D eigenvalue weighted by Gasteiger charge is 2.03. The summed E-state index contributed by atoms with van der Waals surface area (Å²) in [5.41, 5.74) is 2.33. The van der Waals surface area contributed by atoms with E-state index in [1.165, 1.54) is 0 Å². The normalized spacial score (nSPS) is 11.4. The van der Waals surface area contributed by atoms with E-state index in [4.69, 9.17) is 16.7 Å². The molecule has 0 atom stereocenters. The van der Waals surface area contributed by atoms with Crippen LogP contribution < -0.4 is 5.32 Å². The lowest BCUT2D eigenvalue weighted by atomic mass is 10.2. The second-order valence-corrected chi connectivity index (χ2v) is 4.16. The van der Waals surface area contributed by atoms with Crippen LogP contribution in [0.4, 0.5) is 5.69 Å². The molecule has 1 rings (SSSR count). The molecule has 17 heavy (non-hydrogen) atoms. The molecule has 0 spiro atoms. The smallest absolute Gasteiger partial charge is 0.331 e. The topological polar surface area (TPSA) is 49.3 Å². The summed E-state index contributed by atoms with van der Waals surface area (Å²) in [6.45, 7) is 4.25. The molecule has 0 fully saturated rings. The molecule has 0 aromatic heterocycles. The Morgan fingerprint density at radius 1 is 1.53 bits per heavy atom. The molecule has 0 unspecified atom stereocenters. The molecule has 2 N–H and O–H groups in total. The van der Waals surface area contributed by atoms with Gasteiger partial charge < -0.3 is 10.4 Å². The first-order valence-electron chi connectivity index (χ1n) is 5.47. The highest BCUT2D eigenvalue weighted by atomic mass is 35.5. The van der Waals surface area contributed by atoms with Gasteiger partial charge in [-0.15, -0.1) is 0 Å². The van der Waals surface area contributed by atoms with Crippen molar-refractivity contribution in [3.8, 4) is 0 Å². The Morgan fingerprint density at radius 3 is 2.82 bits per heavy atom. The fraction of sp³-hybridized carbons (Fsp3) is 0.308. The SMILES string of the molecule is CC/C(=C/CNc1cc(C)ccc1Cl)C(=O)O. The standard InChI is InChI=1S/C13H16ClNO2/c1-3-10(13(16)17)6-7-15-12-8-9(2)4-5-11(12)14/h4-6,8,15H,3,7H2,1-2H3,(H,16,17)/b10-6-. The molecule has 1 aromatic carbocycles. The molecule has 0 saturated heterocycles. The Morgan fingerprint density at radius 2 is 2.24 bits per heavy atom. The minimum Gasteiger partial charge on any atom is -0.478 e. The Balaban J connectivity index is 2.67. The highest BCUT2D eigenvalue weighted by Crippen LogP contribution is 2.22. The summed E-state index contributed by atoms with van der Waals surface area (Å²) in [6.07, 6.45) is 2.18. The molecule has 0 bridgehead atoms. The van der Waals surface area contributed by atoms with Gasteiger partial charge in [-0.3, -0.25) is 0 Å². The monoisotopic (exact) mass is 253 g/mol. The zero-order valence-corrected chi connectivity index (χ0v) is 10.7. The van der Waals surface area contributed by atoms with Gasteiger partial charge in [0, 0.05) is 12.1 Å².